The second kappa shape index (κ2) is 8.06. The van der Waals surface area contributed by atoms with Crippen molar-refractivity contribution in [3.05, 3.63) is 34.5 Å². The number of carbonyl (C=O) groups is 2. The molecule has 2 amide bonds. The number of ether oxygens (including phenoxy) is 1. The summed E-state index contributed by atoms with van der Waals surface area (Å²) < 4.78 is 18.9. The molecule has 9 heteroatoms. The Hall–Kier alpha value is -2.55. The van der Waals surface area contributed by atoms with E-state index >= 15 is 0 Å². The first-order valence-corrected chi connectivity index (χ1v) is 10.1. The van der Waals surface area contributed by atoms with Gasteiger partial charge in [0.25, 0.3) is 5.91 Å². The minimum absolute atomic E-state index is 0.0581. The molecule has 2 aliphatic heterocycles. The number of phenolic OH excluding ortho intramolecular Hbond substituents is 1. The highest BCUT2D eigenvalue weighted by Gasteiger charge is 2.34. The predicted molar refractivity (Wildman–Crippen MR) is 110 cm³/mol. The van der Waals surface area contributed by atoms with E-state index in [2.05, 4.69) is 4.99 Å². The number of carbonyl (C=O) groups excluding carboxylic acids is 2. The third-order valence-corrected chi connectivity index (χ3v) is 5.43. The first-order chi connectivity index (χ1) is 13.5. The zero-order valence-electron chi connectivity index (χ0n) is 16.8. The zero-order chi connectivity index (χ0) is 21.3. The highest BCUT2D eigenvalue weighted by molar-refractivity contribution is 8.18. The summed E-state index contributed by atoms with van der Waals surface area (Å²) in [5, 5.41) is 10.4. The lowest BCUT2D eigenvalue weighted by atomic mass is 10.2. The van der Waals surface area contributed by atoms with Gasteiger partial charge in [-0.1, -0.05) is 0 Å². The molecule has 1 N–H and O–H groups in total. The van der Waals surface area contributed by atoms with Crippen LogP contribution in [0.15, 0.2) is 28.1 Å². The quantitative estimate of drug-likeness (QED) is 0.700. The minimum Gasteiger partial charge on any atom is -0.507 e. The van der Waals surface area contributed by atoms with Crippen molar-refractivity contribution in [3.63, 3.8) is 0 Å². The fourth-order valence-electron chi connectivity index (χ4n) is 3.04. The van der Waals surface area contributed by atoms with Crippen molar-refractivity contribution in [2.24, 2.45) is 4.99 Å². The molecule has 0 radical (unpaired) electrons. The van der Waals surface area contributed by atoms with Gasteiger partial charge >= 0.3 is 6.09 Å². The van der Waals surface area contributed by atoms with E-state index < -0.39 is 17.3 Å². The minimum atomic E-state index is -0.558. The van der Waals surface area contributed by atoms with Gasteiger partial charge in [-0.25, -0.2) is 9.18 Å². The van der Waals surface area contributed by atoms with Crippen LogP contribution in [-0.2, 0) is 9.53 Å². The lowest BCUT2D eigenvalue weighted by Gasteiger charge is -2.40. The SMILES string of the molecule is C[C@@H]1CN(C(=O)OC(C)(C)C)CCN1C1=NC(=O)/C(=C/c2cc(F)ccc2O)S1. The van der Waals surface area contributed by atoms with Crippen molar-refractivity contribution in [1.29, 1.82) is 0 Å². The van der Waals surface area contributed by atoms with Crippen LogP contribution in [0.4, 0.5) is 9.18 Å². The molecular formula is C20H24FN3O4S. The van der Waals surface area contributed by atoms with Crippen molar-refractivity contribution in [2.45, 2.75) is 39.3 Å². The van der Waals surface area contributed by atoms with Gasteiger partial charge in [-0.3, -0.25) is 4.79 Å². The maximum atomic E-state index is 13.4. The average Bonchev–Trinajstić information content (AvgIpc) is 2.97. The van der Waals surface area contributed by atoms with Crippen molar-refractivity contribution in [1.82, 2.24) is 9.80 Å². The smallest absolute Gasteiger partial charge is 0.410 e. The summed E-state index contributed by atoms with van der Waals surface area (Å²) in [4.78, 5) is 32.6. The molecule has 156 valence electrons. The van der Waals surface area contributed by atoms with Gasteiger partial charge in [-0.15, -0.1) is 0 Å². The lowest BCUT2D eigenvalue weighted by Crippen LogP contribution is -2.55. The van der Waals surface area contributed by atoms with Crippen LogP contribution in [-0.4, -0.2) is 63.4 Å². The molecule has 1 aromatic carbocycles. The number of phenols is 1. The molecule has 0 bridgehead atoms. The van der Waals surface area contributed by atoms with Crippen LogP contribution >= 0.6 is 11.8 Å². The number of rotatable bonds is 1. The van der Waals surface area contributed by atoms with Crippen LogP contribution in [0.2, 0.25) is 0 Å². The second-order valence-corrected chi connectivity index (χ2v) is 8.99. The number of amides is 2. The van der Waals surface area contributed by atoms with Crippen LogP contribution in [0.5, 0.6) is 5.75 Å². The van der Waals surface area contributed by atoms with E-state index in [1.165, 1.54) is 23.9 Å². The Morgan fingerprint density at radius 1 is 1.38 bits per heavy atom. The van der Waals surface area contributed by atoms with E-state index in [0.717, 1.165) is 12.1 Å². The third-order valence-electron chi connectivity index (χ3n) is 4.41. The fraction of sp³-hybridized carbons (Fsp3) is 0.450. The van der Waals surface area contributed by atoms with E-state index in [1.54, 1.807) is 4.90 Å². The molecule has 2 aliphatic rings. The van der Waals surface area contributed by atoms with E-state index in [-0.39, 0.29) is 23.4 Å². The average molecular weight is 421 g/mol. The molecule has 29 heavy (non-hydrogen) atoms. The number of halogens is 1. The summed E-state index contributed by atoms with van der Waals surface area (Å²) in [7, 11) is 0. The number of nitrogens with zero attached hydrogens (tertiary/aromatic N) is 3. The Kier molecular flexibility index (Phi) is 5.88. The zero-order valence-corrected chi connectivity index (χ0v) is 17.6. The Morgan fingerprint density at radius 2 is 2.10 bits per heavy atom. The Labute approximate surface area is 173 Å². The standard InChI is InChI=1S/C20H24FN3O4S/c1-12-11-23(19(27)28-20(2,3)4)7-8-24(12)18-22-17(26)16(29-18)10-13-9-14(21)5-6-15(13)25/h5-6,9-10,12,25H,7-8,11H2,1-4H3/b16-10-/t12-/m1/s1. The van der Waals surface area contributed by atoms with Gasteiger partial charge in [-0.05, 0) is 63.7 Å². The number of hydrogen-bond acceptors (Lipinski definition) is 6. The van der Waals surface area contributed by atoms with Crippen LogP contribution in [0.3, 0.4) is 0 Å². The van der Waals surface area contributed by atoms with Crippen molar-refractivity contribution >= 4 is 35.0 Å². The van der Waals surface area contributed by atoms with Crippen molar-refractivity contribution in [2.75, 3.05) is 19.6 Å². The highest BCUT2D eigenvalue weighted by atomic mass is 32.2. The largest absolute Gasteiger partial charge is 0.507 e. The summed E-state index contributed by atoms with van der Waals surface area (Å²) in [6.07, 6.45) is 1.08. The molecule has 1 aromatic rings. The topological polar surface area (TPSA) is 82.4 Å². The number of aliphatic imine (C=N–C) groups is 1. The lowest BCUT2D eigenvalue weighted by molar-refractivity contribution is -0.113. The van der Waals surface area contributed by atoms with Gasteiger partial charge in [0, 0.05) is 31.2 Å². The van der Waals surface area contributed by atoms with Gasteiger partial charge in [0.05, 0.1) is 4.91 Å². The summed E-state index contributed by atoms with van der Waals surface area (Å²) in [5.41, 5.74) is -0.336. The summed E-state index contributed by atoms with van der Waals surface area (Å²) >= 11 is 1.18. The summed E-state index contributed by atoms with van der Waals surface area (Å²) in [6, 6.07) is 3.49. The monoisotopic (exact) mass is 421 g/mol. The number of benzene rings is 1. The van der Waals surface area contributed by atoms with E-state index in [1.807, 2.05) is 32.6 Å². The molecule has 0 unspecified atom stereocenters. The van der Waals surface area contributed by atoms with Crippen LogP contribution in [0, 0.1) is 5.82 Å². The van der Waals surface area contributed by atoms with Gasteiger partial charge in [0.1, 0.15) is 17.2 Å². The Bertz CT molecular complexity index is 894. The van der Waals surface area contributed by atoms with Gasteiger partial charge in [-0.2, -0.15) is 4.99 Å². The summed E-state index contributed by atoms with van der Waals surface area (Å²) in [5.74, 6) is -1.05. The number of piperazine rings is 1. The molecule has 7 nitrogen and oxygen atoms in total. The summed E-state index contributed by atoms with van der Waals surface area (Å²) in [6.45, 7) is 8.84. The molecular weight excluding hydrogens is 397 g/mol. The number of aromatic hydroxyl groups is 1. The van der Waals surface area contributed by atoms with E-state index in [4.69, 9.17) is 4.74 Å². The molecule has 1 atom stereocenters. The Morgan fingerprint density at radius 3 is 2.76 bits per heavy atom. The van der Waals surface area contributed by atoms with Crippen molar-refractivity contribution < 1.29 is 23.8 Å². The maximum Gasteiger partial charge on any atom is 0.410 e. The molecule has 0 aromatic heterocycles. The van der Waals surface area contributed by atoms with E-state index in [9.17, 15) is 19.1 Å². The van der Waals surface area contributed by atoms with Crippen molar-refractivity contribution in [3.8, 4) is 5.75 Å². The number of thioether (sulfide) groups is 1. The molecule has 0 saturated carbocycles. The number of hydrogen-bond donors (Lipinski definition) is 1. The molecule has 2 heterocycles. The van der Waals surface area contributed by atoms with Crippen LogP contribution in [0.1, 0.15) is 33.3 Å². The number of amidine groups is 1. The third kappa shape index (κ3) is 5.09. The molecule has 0 aliphatic carbocycles. The predicted octanol–water partition coefficient (Wildman–Crippen LogP) is 3.44. The first kappa shape index (κ1) is 21.2. The van der Waals surface area contributed by atoms with Gasteiger partial charge < -0.3 is 19.6 Å². The molecule has 3 rings (SSSR count). The highest BCUT2D eigenvalue weighted by Crippen LogP contribution is 2.33. The Balaban J connectivity index is 1.68. The van der Waals surface area contributed by atoms with E-state index in [0.29, 0.717) is 29.7 Å². The fourth-order valence-corrected chi connectivity index (χ4v) is 4.07. The van der Waals surface area contributed by atoms with Gasteiger partial charge in [0.2, 0.25) is 0 Å². The molecule has 1 fully saturated rings. The maximum absolute atomic E-state index is 13.4. The molecule has 1 saturated heterocycles. The van der Waals surface area contributed by atoms with Gasteiger partial charge in [0.15, 0.2) is 5.17 Å². The second-order valence-electron chi connectivity index (χ2n) is 7.98. The van der Waals surface area contributed by atoms with Crippen LogP contribution in [0.25, 0.3) is 6.08 Å². The normalized spacial score (nSPS) is 21.6. The van der Waals surface area contributed by atoms with Crippen LogP contribution < -0.4 is 0 Å². The molecule has 0 spiro atoms. The first-order valence-electron chi connectivity index (χ1n) is 9.29.